The van der Waals surface area contributed by atoms with Gasteiger partial charge in [-0.2, -0.15) is 0 Å². The molecule has 0 saturated carbocycles. The van der Waals surface area contributed by atoms with Crippen molar-refractivity contribution in [3.8, 4) is 0 Å². The van der Waals surface area contributed by atoms with Crippen LogP contribution in [0, 0.1) is 5.92 Å². The Hall–Kier alpha value is -2.61. The van der Waals surface area contributed by atoms with Crippen LogP contribution in [0.4, 0.5) is 5.00 Å². The largest absolute Gasteiger partial charge is 0.467 e. The highest BCUT2D eigenvalue weighted by Gasteiger charge is 2.34. The number of hydrogen-bond acceptors (Lipinski definition) is 6. The van der Waals surface area contributed by atoms with Crippen molar-refractivity contribution in [1.29, 1.82) is 0 Å². The quantitative estimate of drug-likeness (QED) is 0.836. The van der Waals surface area contributed by atoms with E-state index in [-0.39, 0.29) is 18.2 Å². The number of carbonyl (C=O) groups excluding carboxylic acids is 3. The summed E-state index contributed by atoms with van der Waals surface area (Å²) in [5.41, 5.74) is 0.389. The molecular weight excluding hydrogens is 332 g/mol. The highest BCUT2D eigenvalue weighted by Crippen LogP contribution is 2.25. The van der Waals surface area contributed by atoms with Gasteiger partial charge in [-0.25, -0.2) is 4.79 Å². The van der Waals surface area contributed by atoms with Crippen molar-refractivity contribution in [2.45, 2.75) is 13.0 Å². The van der Waals surface area contributed by atoms with Crippen molar-refractivity contribution in [3.63, 3.8) is 0 Å². The SMILES string of the molecule is COC(=O)c1csc(NC(=O)[C@@H]2CC(=O)N(Cc3ccco3)C2)c1. The van der Waals surface area contributed by atoms with Gasteiger partial charge in [-0.05, 0) is 18.2 Å². The first-order valence-corrected chi connectivity index (χ1v) is 8.22. The zero-order valence-electron chi connectivity index (χ0n) is 13.0. The number of methoxy groups -OCH3 is 1. The molecule has 2 amide bonds. The van der Waals surface area contributed by atoms with E-state index in [1.807, 2.05) is 0 Å². The molecule has 7 nitrogen and oxygen atoms in total. The zero-order valence-corrected chi connectivity index (χ0v) is 13.8. The van der Waals surface area contributed by atoms with E-state index >= 15 is 0 Å². The van der Waals surface area contributed by atoms with E-state index in [2.05, 4.69) is 10.1 Å². The van der Waals surface area contributed by atoms with Crippen LogP contribution in [0.5, 0.6) is 0 Å². The van der Waals surface area contributed by atoms with Crippen molar-refractivity contribution in [2.75, 3.05) is 19.0 Å². The monoisotopic (exact) mass is 348 g/mol. The number of amides is 2. The normalized spacial score (nSPS) is 17.1. The van der Waals surface area contributed by atoms with Crippen LogP contribution >= 0.6 is 11.3 Å². The summed E-state index contributed by atoms with van der Waals surface area (Å²) in [5.74, 6) is -0.495. The molecule has 2 aromatic rings. The van der Waals surface area contributed by atoms with E-state index in [9.17, 15) is 14.4 Å². The molecule has 0 bridgehead atoms. The molecule has 3 heterocycles. The zero-order chi connectivity index (χ0) is 17.1. The standard InChI is InChI=1S/C16H16N2O5S/c1-22-16(21)11-5-13(24-9-11)17-15(20)10-6-14(19)18(7-10)8-12-3-2-4-23-12/h2-5,9-10H,6-8H2,1H3,(H,17,20)/t10-/m1/s1. The topological polar surface area (TPSA) is 88.8 Å². The molecule has 0 unspecified atom stereocenters. The first kappa shape index (κ1) is 16.3. The summed E-state index contributed by atoms with van der Waals surface area (Å²) in [7, 11) is 1.30. The van der Waals surface area contributed by atoms with Crippen molar-refractivity contribution in [1.82, 2.24) is 4.90 Å². The number of anilines is 1. The fraction of sp³-hybridized carbons (Fsp3) is 0.312. The number of esters is 1. The Balaban J connectivity index is 1.58. The van der Waals surface area contributed by atoms with Gasteiger partial charge in [-0.3, -0.25) is 9.59 Å². The maximum atomic E-state index is 12.3. The van der Waals surface area contributed by atoms with Crippen LogP contribution in [0.25, 0.3) is 0 Å². The minimum absolute atomic E-state index is 0.0759. The average molecular weight is 348 g/mol. The highest BCUT2D eigenvalue weighted by atomic mass is 32.1. The van der Waals surface area contributed by atoms with Crippen LogP contribution in [0.3, 0.4) is 0 Å². The Morgan fingerprint density at radius 1 is 1.50 bits per heavy atom. The maximum absolute atomic E-state index is 12.3. The molecule has 126 valence electrons. The van der Waals surface area contributed by atoms with Gasteiger partial charge in [-0.1, -0.05) is 0 Å². The molecule has 24 heavy (non-hydrogen) atoms. The van der Waals surface area contributed by atoms with E-state index in [1.165, 1.54) is 18.4 Å². The van der Waals surface area contributed by atoms with Gasteiger partial charge in [0, 0.05) is 18.3 Å². The summed E-state index contributed by atoms with van der Waals surface area (Å²) in [6, 6.07) is 5.11. The first-order valence-electron chi connectivity index (χ1n) is 7.34. The van der Waals surface area contributed by atoms with Gasteiger partial charge in [-0.15, -0.1) is 11.3 Å². The van der Waals surface area contributed by atoms with Gasteiger partial charge < -0.3 is 19.4 Å². The Morgan fingerprint density at radius 3 is 3.04 bits per heavy atom. The third kappa shape index (κ3) is 3.48. The molecule has 0 spiro atoms. The third-order valence-corrected chi connectivity index (χ3v) is 4.62. The predicted octanol–water partition coefficient (Wildman–Crippen LogP) is 2.11. The van der Waals surface area contributed by atoms with Crippen LogP contribution in [-0.4, -0.2) is 36.3 Å². The molecule has 1 aliphatic heterocycles. The number of rotatable bonds is 5. The minimum Gasteiger partial charge on any atom is -0.467 e. The van der Waals surface area contributed by atoms with E-state index < -0.39 is 11.9 Å². The summed E-state index contributed by atoms with van der Waals surface area (Å²) in [4.78, 5) is 37.4. The molecule has 0 aromatic carbocycles. The van der Waals surface area contributed by atoms with Gasteiger partial charge in [0.25, 0.3) is 0 Å². The van der Waals surface area contributed by atoms with Crippen LogP contribution in [0.1, 0.15) is 22.5 Å². The van der Waals surface area contributed by atoms with Crippen LogP contribution in [0.15, 0.2) is 34.3 Å². The van der Waals surface area contributed by atoms with Gasteiger partial charge >= 0.3 is 5.97 Å². The van der Waals surface area contributed by atoms with E-state index in [0.717, 1.165) is 0 Å². The Bertz CT molecular complexity index is 752. The molecule has 1 aliphatic rings. The van der Waals surface area contributed by atoms with Gasteiger partial charge in [0.05, 0.1) is 36.4 Å². The highest BCUT2D eigenvalue weighted by molar-refractivity contribution is 7.14. The average Bonchev–Trinajstić information content (AvgIpc) is 3.29. The van der Waals surface area contributed by atoms with Crippen LogP contribution in [-0.2, 0) is 20.9 Å². The number of likely N-dealkylation sites (tertiary alicyclic amines) is 1. The summed E-state index contributed by atoms with van der Waals surface area (Å²) in [6.07, 6.45) is 1.72. The predicted molar refractivity (Wildman–Crippen MR) is 86.5 cm³/mol. The molecule has 1 fully saturated rings. The Kier molecular flexibility index (Phi) is 4.66. The summed E-state index contributed by atoms with van der Waals surface area (Å²) >= 11 is 1.24. The summed E-state index contributed by atoms with van der Waals surface area (Å²) < 4.78 is 9.86. The molecule has 1 N–H and O–H groups in total. The second kappa shape index (κ2) is 6.88. The number of furan rings is 1. The van der Waals surface area contributed by atoms with E-state index in [1.54, 1.807) is 34.7 Å². The second-order valence-electron chi connectivity index (χ2n) is 5.44. The van der Waals surface area contributed by atoms with Crippen molar-refractivity contribution < 1.29 is 23.5 Å². The third-order valence-electron chi connectivity index (χ3n) is 3.78. The fourth-order valence-corrected chi connectivity index (χ4v) is 3.31. The molecular formula is C16H16N2O5S. The van der Waals surface area contributed by atoms with Crippen LogP contribution < -0.4 is 5.32 Å². The Labute approximate surface area is 142 Å². The lowest BCUT2D eigenvalue weighted by atomic mass is 10.1. The molecule has 1 atom stereocenters. The lowest BCUT2D eigenvalue weighted by molar-refractivity contribution is -0.128. The first-order chi connectivity index (χ1) is 11.6. The number of ether oxygens (including phenoxy) is 1. The van der Waals surface area contributed by atoms with E-state index in [4.69, 9.17) is 4.42 Å². The van der Waals surface area contributed by atoms with Gasteiger partial charge in [0.1, 0.15) is 5.76 Å². The number of carbonyl (C=O) groups is 3. The number of nitrogens with zero attached hydrogens (tertiary/aromatic N) is 1. The molecule has 8 heteroatoms. The fourth-order valence-electron chi connectivity index (χ4n) is 2.54. The maximum Gasteiger partial charge on any atom is 0.338 e. The van der Waals surface area contributed by atoms with Crippen molar-refractivity contribution >= 4 is 34.1 Å². The van der Waals surface area contributed by atoms with Gasteiger partial charge in [0.2, 0.25) is 11.8 Å². The van der Waals surface area contributed by atoms with Crippen LogP contribution in [0.2, 0.25) is 0 Å². The molecule has 0 aliphatic carbocycles. The minimum atomic E-state index is -0.451. The molecule has 2 aromatic heterocycles. The van der Waals surface area contributed by atoms with Crippen molar-refractivity contribution in [2.24, 2.45) is 5.92 Å². The summed E-state index contributed by atoms with van der Waals surface area (Å²) in [5, 5.41) is 4.92. The van der Waals surface area contributed by atoms with Gasteiger partial charge in [0.15, 0.2) is 0 Å². The summed E-state index contributed by atoms with van der Waals surface area (Å²) in [6.45, 7) is 0.710. The van der Waals surface area contributed by atoms with Crippen molar-refractivity contribution in [3.05, 3.63) is 41.2 Å². The smallest absolute Gasteiger partial charge is 0.338 e. The molecule has 3 rings (SSSR count). The Morgan fingerprint density at radius 2 is 2.33 bits per heavy atom. The number of nitrogens with one attached hydrogen (secondary N) is 1. The lowest BCUT2D eigenvalue weighted by Gasteiger charge is -2.14. The number of thiophene rings is 1. The second-order valence-corrected chi connectivity index (χ2v) is 6.35. The molecule has 1 saturated heterocycles. The lowest BCUT2D eigenvalue weighted by Crippen LogP contribution is -2.27. The number of hydrogen-bond donors (Lipinski definition) is 1. The molecule has 0 radical (unpaired) electrons. The van der Waals surface area contributed by atoms with E-state index in [0.29, 0.717) is 29.4 Å².